The number of allylic oxidation sites excluding steroid dienone is 1. The van der Waals surface area contributed by atoms with Crippen LogP contribution in [0.3, 0.4) is 0 Å². The molecule has 0 aliphatic carbocycles. The largest absolute Gasteiger partial charge is 0.270 e. The van der Waals surface area contributed by atoms with Crippen LogP contribution in [-0.2, 0) is 0 Å². The van der Waals surface area contributed by atoms with Crippen molar-refractivity contribution >= 4 is 6.72 Å². The Balaban J connectivity index is 3.80. The highest BCUT2D eigenvalue weighted by atomic mass is 15.4. The topological polar surface area (TPSA) is 15.6 Å². The van der Waals surface area contributed by atoms with E-state index in [1.165, 1.54) is 0 Å². The van der Waals surface area contributed by atoms with Crippen molar-refractivity contribution in [1.82, 2.24) is 5.01 Å². The van der Waals surface area contributed by atoms with E-state index in [2.05, 4.69) is 25.0 Å². The lowest BCUT2D eigenvalue weighted by Gasteiger charge is -2.09. The second-order valence-corrected chi connectivity index (χ2v) is 1.36. The molecular weight excluding hydrogens is 100 g/mol. The van der Waals surface area contributed by atoms with Crippen LogP contribution in [0.15, 0.2) is 30.0 Å². The Kier molecular flexibility index (Phi) is 2.62. The average Bonchev–Trinajstić information content (AvgIpc) is 1.84. The first kappa shape index (κ1) is 6.95. The van der Waals surface area contributed by atoms with Gasteiger partial charge in [0.1, 0.15) is 0 Å². The number of rotatable bonds is 3. The zero-order valence-corrected chi connectivity index (χ0v) is 5.09. The highest BCUT2D eigenvalue weighted by Gasteiger charge is 1.87. The lowest BCUT2D eigenvalue weighted by Crippen LogP contribution is -2.05. The molecule has 0 saturated heterocycles. The maximum atomic E-state index is 3.62. The quantitative estimate of drug-likeness (QED) is 0.303. The van der Waals surface area contributed by atoms with Crippen LogP contribution in [0.5, 0.6) is 0 Å². The van der Waals surface area contributed by atoms with Gasteiger partial charge in [0.15, 0.2) is 0 Å². The van der Waals surface area contributed by atoms with Gasteiger partial charge in [0.2, 0.25) is 0 Å². The molecule has 0 bridgehead atoms. The highest BCUT2D eigenvalue weighted by molar-refractivity contribution is 5.24. The maximum absolute atomic E-state index is 3.62. The van der Waals surface area contributed by atoms with Crippen LogP contribution in [-0.4, -0.2) is 18.8 Å². The molecule has 0 aromatic heterocycles. The minimum absolute atomic E-state index is 0.750. The van der Waals surface area contributed by atoms with Gasteiger partial charge in [0.25, 0.3) is 0 Å². The van der Waals surface area contributed by atoms with Crippen LogP contribution in [0.25, 0.3) is 0 Å². The van der Waals surface area contributed by atoms with E-state index in [4.69, 9.17) is 0 Å². The molecule has 0 aromatic carbocycles. The van der Waals surface area contributed by atoms with E-state index in [1.807, 2.05) is 0 Å². The Morgan fingerprint density at radius 1 is 1.75 bits per heavy atom. The van der Waals surface area contributed by atoms with Crippen LogP contribution < -0.4 is 0 Å². The van der Waals surface area contributed by atoms with E-state index < -0.39 is 0 Å². The van der Waals surface area contributed by atoms with E-state index in [-0.39, 0.29) is 0 Å². The highest BCUT2D eigenvalue weighted by Crippen LogP contribution is 1.96. The molecular formula is C6H10N2. The third-order valence-corrected chi connectivity index (χ3v) is 0.863. The Hall–Kier alpha value is -1.05. The Morgan fingerprint density at radius 3 is 2.38 bits per heavy atom. The molecule has 2 heteroatoms. The predicted molar refractivity (Wildman–Crippen MR) is 36.6 cm³/mol. The molecule has 0 heterocycles. The zero-order chi connectivity index (χ0) is 6.57. The number of nitrogens with zero attached hydrogens (tertiary/aromatic N) is 2. The SMILES string of the molecule is C=CC(=C)N(C)N=C. The van der Waals surface area contributed by atoms with E-state index in [9.17, 15) is 0 Å². The third-order valence-electron chi connectivity index (χ3n) is 0.863. The second kappa shape index (κ2) is 3.02. The fraction of sp³-hybridized carbons (Fsp3) is 0.167. The molecule has 44 valence electrons. The minimum Gasteiger partial charge on any atom is -0.270 e. The van der Waals surface area contributed by atoms with Crippen molar-refractivity contribution in [3.05, 3.63) is 24.9 Å². The van der Waals surface area contributed by atoms with Crippen LogP contribution in [0.4, 0.5) is 0 Å². The fourth-order valence-electron chi connectivity index (χ4n) is 0.223. The van der Waals surface area contributed by atoms with Gasteiger partial charge >= 0.3 is 0 Å². The van der Waals surface area contributed by atoms with Crippen molar-refractivity contribution in [1.29, 1.82) is 0 Å². The number of hydrazone groups is 1. The van der Waals surface area contributed by atoms with Crippen LogP contribution in [0.1, 0.15) is 0 Å². The monoisotopic (exact) mass is 110 g/mol. The smallest absolute Gasteiger partial charge is 0.0512 e. The van der Waals surface area contributed by atoms with Gasteiger partial charge in [0, 0.05) is 13.8 Å². The summed E-state index contributed by atoms with van der Waals surface area (Å²) in [6.45, 7) is 10.4. The number of likely N-dealkylation sites (N-methyl/N-ethyl adjacent to an activating group) is 1. The van der Waals surface area contributed by atoms with Crippen LogP contribution >= 0.6 is 0 Å². The molecule has 0 rings (SSSR count). The van der Waals surface area contributed by atoms with Gasteiger partial charge in [-0.05, 0) is 6.08 Å². The zero-order valence-electron chi connectivity index (χ0n) is 5.09. The lowest BCUT2D eigenvalue weighted by molar-refractivity contribution is 0.468. The summed E-state index contributed by atoms with van der Waals surface area (Å²) in [6.07, 6.45) is 1.62. The Morgan fingerprint density at radius 2 is 2.25 bits per heavy atom. The van der Waals surface area contributed by atoms with Crippen LogP contribution in [0, 0.1) is 0 Å². The normalized spacial score (nSPS) is 7.62. The molecule has 0 unspecified atom stereocenters. The first-order valence-corrected chi connectivity index (χ1v) is 2.24. The van der Waals surface area contributed by atoms with E-state index in [0.717, 1.165) is 5.70 Å². The molecule has 8 heavy (non-hydrogen) atoms. The van der Waals surface area contributed by atoms with E-state index in [1.54, 1.807) is 18.1 Å². The fourth-order valence-corrected chi connectivity index (χ4v) is 0.223. The Bertz CT molecular complexity index is 116. The standard InChI is InChI=1S/C6H10N2/c1-5-6(2)8(4)7-3/h5H,1-3H2,4H3. The van der Waals surface area contributed by atoms with Gasteiger partial charge in [-0.3, -0.25) is 5.01 Å². The molecule has 0 radical (unpaired) electrons. The molecule has 0 amide bonds. The summed E-state index contributed by atoms with van der Waals surface area (Å²) in [6, 6.07) is 0. The Labute approximate surface area is 49.8 Å². The van der Waals surface area contributed by atoms with Crippen molar-refractivity contribution in [2.75, 3.05) is 7.05 Å². The molecule has 2 nitrogen and oxygen atoms in total. The molecule has 0 spiro atoms. The van der Waals surface area contributed by atoms with Gasteiger partial charge < -0.3 is 0 Å². The number of hydrogen-bond acceptors (Lipinski definition) is 2. The summed E-state index contributed by atoms with van der Waals surface area (Å²) >= 11 is 0. The summed E-state index contributed by atoms with van der Waals surface area (Å²) in [7, 11) is 1.76. The van der Waals surface area contributed by atoms with E-state index in [0.29, 0.717) is 0 Å². The summed E-state index contributed by atoms with van der Waals surface area (Å²) in [5.74, 6) is 0. The van der Waals surface area contributed by atoms with Crippen molar-refractivity contribution < 1.29 is 0 Å². The molecule has 0 aliphatic heterocycles. The van der Waals surface area contributed by atoms with Crippen molar-refractivity contribution in [3.63, 3.8) is 0 Å². The minimum atomic E-state index is 0.750. The first-order chi connectivity index (χ1) is 3.72. The van der Waals surface area contributed by atoms with Gasteiger partial charge in [-0.2, -0.15) is 5.10 Å². The molecule has 0 atom stereocenters. The first-order valence-electron chi connectivity index (χ1n) is 2.24. The lowest BCUT2D eigenvalue weighted by atomic mass is 10.5. The van der Waals surface area contributed by atoms with Crippen molar-refractivity contribution in [2.45, 2.75) is 0 Å². The molecule has 0 aromatic rings. The van der Waals surface area contributed by atoms with Gasteiger partial charge in [0.05, 0.1) is 5.70 Å². The molecule has 0 N–H and O–H groups in total. The van der Waals surface area contributed by atoms with Crippen LogP contribution in [0.2, 0.25) is 0 Å². The van der Waals surface area contributed by atoms with Crippen molar-refractivity contribution in [3.8, 4) is 0 Å². The molecule has 0 aliphatic rings. The van der Waals surface area contributed by atoms with Gasteiger partial charge in [-0.15, -0.1) is 0 Å². The predicted octanol–water partition coefficient (Wildman–Crippen LogP) is 1.23. The van der Waals surface area contributed by atoms with Crippen molar-refractivity contribution in [2.24, 2.45) is 5.10 Å². The maximum Gasteiger partial charge on any atom is 0.0512 e. The molecule has 0 saturated carbocycles. The van der Waals surface area contributed by atoms with Gasteiger partial charge in [-0.1, -0.05) is 13.2 Å². The van der Waals surface area contributed by atoms with E-state index >= 15 is 0 Å². The summed E-state index contributed by atoms with van der Waals surface area (Å²) in [5, 5.41) is 5.12. The summed E-state index contributed by atoms with van der Waals surface area (Å²) in [4.78, 5) is 0. The number of hydrogen-bond donors (Lipinski definition) is 0. The second-order valence-electron chi connectivity index (χ2n) is 1.36. The summed E-state index contributed by atoms with van der Waals surface area (Å²) < 4.78 is 0. The summed E-state index contributed by atoms with van der Waals surface area (Å²) in [5.41, 5.74) is 0.750. The molecule has 0 fully saturated rings. The van der Waals surface area contributed by atoms with Gasteiger partial charge in [-0.25, -0.2) is 0 Å². The average molecular weight is 110 g/mol. The third kappa shape index (κ3) is 1.60.